The molecular weight excluding hydrogens is 315 g/mol. The SMILES string of the molecule is Cc1cccc(NC(N)=NCC#Cc2cccc(C(F)(F)F)c2)c1. The summed E-state index contributed by atoms with van der Waals surface area (Å²) in [4.78, 5) is 4.02. The lowest BCUT2D eigenvalue weighted by Crippen LogP contribution is -2.22. The molecule has 0 atom stereocenters. The Hall–Kier alpha value is -2.94. The van der Waals surface area contributed by atoms with Gasteiger partial charge in [-0.05, 0) is 42.8 Å². The van der Waals surface area contributed by atoms with Crippen LogP contribution >= 0.6 is 0 Å². The minimum atomic E-state index is -4.38. The molecule has 24 heavy (non-hydrogen) atoms. The summed E-state index contributed by atoms with van der Waals surface area (Å²) < 4.78 is 37.8. The van der Waals surface area contributed by atoms with Crippen molar-refractivity contribution < 1.29 is 13.2 Å². The molecule has 124 valence electrons. The van der Waals surface area contributed by atoms with E-state index in [4.69, 9.17) is 5.73 Å². The van der Waals surface area contributed by atoms with Crippen LogP contribution in [0.5, 0.6) is 0 Å². The third kappa shape index (κ3) is 5.36. The van der Waals surface area contributed by atoms with Gasteiger partial charge in [0.2, 0.25) is 0 Å². The zero-order valence-corrected chi connectivity index (χ0v) is 13.0. The summed E-state index contributed by atoms with van der Waals surface area (Å²) >= 11 is 0. The Kier molecular flexibility index (Phi) is 5.48. The van der Waals surface area contributed by atoms with Crippen molar-refractivity contribution in [1.82, 2.24) is 0 Å². The molecule has 0 saturated heterocycles. The van der Waals surface area contributed by atoms with Gasteiger partial charge in [-0.2, -0.15) is 13.2 Å². The molecule has 2 aromatic carbocycles. The van der Waals surface area contributed by atoms with Crippen LogP contribution in [0.4, 0.5) is 18.9 Å². The molecule has 2 aromatic rings. The zero-order valence-electron chi connectivity index (χ0n) is 13.0. The van der Waals surface area contributed by atoms with Crippen molar-refractivity contribution in [3.8, 4) is 11.8 Å². The van der Waals surface area contributed by atoms with Crippen LogP contribution in [0.15, 0.2) is 53.5 Å². The number of aryl methyl sites for hydroxylation is 1. The highest BCUT2D eigenvalue weighted by Gasteiger charge is 2.30. The van der Waals surface area contributed by atoms with Gasteiger partial charge in [0.05, 0.1) is 5.56 Å². The Morgan fingerprint density at radius 1 is 1.17 bits per heavy atom. The van der Waals surface area contributed by atoms with E-state index in [0.29, 0.717) is 0 Å². The van der Waals surface area contributed by atoms with Crippen LogP contribution in [0.25, 0.3) is 0 Å². The Labute approximate surface area is 138 Å². The van der Waals surface area contributed by atoms with Crippen molar-refractivity contribution in [2.75, 3.05) is 11.9 Å². The molecule has 0 bridgehead atoms. The van der Waals surface area contributed by atoms with Crippen molar-refractivity contribution in [1.29, 1.82) is 0 Å². The van der Waals surface area contributed by atoms with Gasteiger partial charge in [0.25, 0.3) is 0 Å². The summed E-state index contributed by atoms with van der Waals surface area (Å²) in [7, 11) is 0. The van der Waals surface area contributed by atoms with Crippen LogP contribution in [0, 0.1) is 18.8 Å². The van der Waals surface area contributed by atoms with Gasteiger partial charge >= 0.3 is 6.18 Å². The first-order valence-corrected chi connectivity index (χ1v) is 7.14. The molecule has 0 saturated carbocycles. The number of hydrogen-bond acceptors (Lipinski definition) is 1. The van der Waals surface area contributed by atoms with Crippen molar-refractivity contribution in [2.45, 2.75) is 13.1 Å². The monoisotopic (exact) mass is 331 g/mol. The lowest BCUT2D eigenvalue weighted by Gasteiger charge is -2.06. The number of alkyl halides is 3. The van der Waals surface area contributed by atoms with Gasteiger partial charge in [-0.3, -0.25) is 0 Å². The molecule has 0 fully saturated rings. The molecule has 3 nitrogen and oxygen atoms in total. The topological polar surface area (TPSA) is 50.4 Å². The van der Waals surface area contributed by atoms with E-state index in [1.807, 2.05) is 31.2 Å². The number of hydrogen-bond donors (Lipinski definition) is 2. The van der Waals surface area contributed by atoms with Gasteiger partial charge < -0.3 is 11.1 Å². The van der Waals surface area contributed by atoms with E-state index in [1.165, 1.54) is 12.1 Å². The predicted molar refractivity (Wildman–Crippen MR) is 89.6 cm³/mol. The maximum atomic E-state index is 12.6. The Bertz CT molecular complexity index is 799. The molecule has 0 radical (unpaired) electrons. The zero-order chi connectivity index (χ0) is 17.6. The molecule has 0 aromatic heterocycles. The fraction of sp³-hybridized carbons (Fsp3) is 0.167. The molecule has 0 unspecified atom stereocenters. The van der Waals surface area contributed by atoms with E-state index in [2.05, 4.69) is 22.2 Å². The largest absolute Gasteiger partial charge is 0.416 e. The van der Waals surface area contributed by atoms with E-state index >= 15 is 0 Å². The number of anilines is 1. The van der Waals surface area contributed by atoms with Gasteiger partial charge in [0.15, 0.2) is 5.96 Å². The normalized spacial score (nSPS) is 11.6. The highest BCUT2D eigenvalue weighted by Crippen LogP contribution is 2.29. The number of benzene rings is 2. The number of rotatable bonds is 2. The second-order valence-electron chi connectivity index (χ2n) is 5.08. The average molecular weight is 331 g/mol. The van der Waals surface area contributed by atoms with E-state index in [9.17, 15) is 13.2 Å². The van der Waals surface area contributed by atoms with Crippen LogP contribution in [0.3, 0.4) is 0 Å². The molecule has 0 heterocycles. The molecule has 6 heteroatoms. The Morgan fingerprint density at radius 3 is 2.62 bits per heavy atom. The van der Waals surface area contributed by atoms with Crippen LogP contribution in [0.2, 0.25) is 0 Å². The van der Waals surface area contributed by atoms with Gasteiger partial charge in [0, 0.05) is 11.3 Å². The smallest absolute Gasteiger partial charge is 0.370 e. The standard InChI is InChI=1S/C18H16F3N3/c1-13-5-2-9-16(11-13)24-17(22)23-10-4-7-14-6-3-8-15(12-14)18(19,20)21/h2-3,5-6,8-9,11-12H,10H2,1H3,(H3,22,23,24). The van der Waals surface area contributed by atoms with Gasteiger partial charge in [-0.15, -0.1) is 0 Å². The average Bonchev–Trinajstić information content (AvgIpc) is 2.51. The van der Waals surface area contributed by atoms with E-state index in [1.54, 1.807) is 0 Å². The van der Waals surface area contributed by atoms with E-state index in [-0.39, 0.29) is 18.1 Å². The maximum absolute atomic E-state index is 12.6. The highest BCUT2D eigenvalue weighted by atomic mass is 19.4. The fourth-order valence-corrected chi connectivity index (χ4v) is 1.95. The number of aliphatic imine (C=N–C) groups is 1. The minimum absolute atomic E-state index is 0.0842. The summed E-state index contributed by atoms with van der Waals surface area (Å²) in [6, 6.07) is 12.5. The molecule has 2 rings (SSSR count). The maximum Gasteiger partial charge on any atom is 0.416 e. The number of guanidine groups is 1. The molecular formula is C18H16F3N3. The summed E-state index contributed by atoms with van der Waals surface area (Å²) in [5.41, 5.74) is 7.19. The quantitative estimate of drug-likeness (QED) is 0.500. The summed E-state index contributed by atoms with van der Waals surface area (Å²) in [5.74, 6) is 5.52. The Balaban J connectivity index is 1.98. The highest BCUT2D eigenvalue weighted by molar-refractivity contribution is 5.92. The summed E-state index contributed by atoms with van der Waals surface area (Å²) in [6.45, 7) is 2.04. The molecule has 0 amide bonds. The van der Waals surface area contributed by atoms with Crippen molar-refractivity contribution in [3.63, 3.8) is 0 Å². The van der Waals surface area contributed by atoms with Crippen molar-refractivity contribution in [3.05, 3.63) is 65.2 Å². The number of nitrogens with one attached hydrogen (secondary N) is 1. The number of nitrogens with two attached hydrogens (primary N) is 1. The number of nitrogens with zero attached hydrogens (tertiary/aromatic N) is 1. The predicted octanol–water partition coefficient (Wildman–Crippen LogP) is 3.79. The Morgan fingerprint density at radius 2 is 1.92 bits per heavy atom. The lowest BCUT2D eigenvalue weighted by atomic mass is 10.1. The first-order valence-electron chi connectivity index (χ1n) is 7.14. The third-order valence-electron chi connectivity index (χ3n) is 3.04. The van der Waals surface area contributed by atoms with Crippen LogP contribution in [0.1, 0.15) is 16.7 Å². The van der Waals surface area contributed by atoms with Crippen LogP contribution in [-0.2, 0) is 6.18 Å². The first-order chi connectivity index (χ1) is 11.3. The van der Waals surface area contributed by atoms with Gasteiger partial charge in [-0.1, -0.05) is 30.0 Å². The fourth-order valence-electron chi connectivity index (χ4n) is 1.95. The molecule has 0 spiro atoms. The minimum Gasteiger partial charge on any atom is -0.370 e. The third-order valence-corrected chi connectivity index (χ3v) is 3.04. The lowest BCUT2D eigenvalue weighted by molar-refractivity contribution is -0.137. The van der Waals surface area contributed by atoms with Gasteiger partial charge in [0.1, 0.15) is 6.54 Å². The van der Waals surface area contributed by atoms with Crippen molar-refractivity contribution >= 4 is 11.6 Å². The van der Waals surface area contributed by atoms with E-state index < -0.39 is 11.7 Å². The first kappa shape index (κ1) is 17.4. The second-order valence-corrected chi connectivity index (χ2v) is 5.08. The summed E-state index contributed by atoms with van der Waals surface area (Å²) in [5, 5.41) is 2.92. The summed E-state index contributed by atoms with van der Waals surface area (Å²) in [6.07, 6.45) is -4.38. The molecule has 0 aliphatic carbocycles. The molecule has 3 N–H and O–H groups in total. The van der Waals surface area contributed by atoms with Gasteiger partial charge in [-0.25, -0.2) is 4.99 Å². The molecule has 0 aliphatic heterocycles. The number of halogens is 3. The molecule has 0 aliphatic rings. The van der Waals surface area contributed by atoms with Crippen LogP contribution < -0.4 is 11.1 Å². The van der Waals surface area contributed by atoms with Crippen molar-refractivity contribution in [2.24, 2.45) is 10.7 Å². The van der Waals surface area contributed by atoms with Crippen LogP contribution in [-0.4, -0.2) is 12.5 Å². The van der Waals surface area contributed by atoms with E-state index in [0.717, 1.165) is 23.4 Å². The second kappa shape index (κ2) is 7.55.